The summed E-state index contributed by atoms with van der Waals surface area (Å²) in [6, 6.07) is -0.219. The molecule has 0 bridgehead atoms. The third-order valence-electron chi connectivity index (χ3n) is 3.92. The van der Waals surface area contributed by atoms with Crippen LogP contribution in [0, 0.1) is 17.8 Å². The molecule has 0 saturated heterocycles. The molecular weight excluding hydrogens is 198 g/mol. The fraction of sp³-hybridized carbons (Fsp3) is 0.929. The normalized spacial score (nSPS) is 28.1. The predicted octanol–water partition coefficient (Wildman–Crippen LogP) is 3.15. The van der Waals surface area contributed by atoms with Crippen LogP contribution in [-0.2, 0) is 4.79 Å². The van der Waals surface area contributed by atoms with Crippen molar-refractivity contribution in [1.82, 2.24) is 0 Å². The second-order valence-corrected chi connectivity index (χ2v) is 5.76. The lowest BCUT2D eigenvalue weighted by Gasteiger charge is -2.28. The molecular formula is C14H27NO. The lowest BCUT2D eigenvalue weighted by atomic mass is 9.77. The summed E-state index contributed by atoms with van der Waals surface area (Å²) >= 11 is 0. The van der Waals surface area contributed by atoms with E-state index in [4.69, 9.17) is 5.73 Å². The average Bonchev–Trinajstić information content (AvgIpc) is 2.27. The molecule has 94 valence electrons. The van der Waals surface area contributed by atoms with Gasteiger partial charge in [-0.25, -0.2) is 0 Å². The average molecular weight is 225 g/mol. The van der Waals surface area contributed by atoms with Gasteiger partial charge in [0.2, 0.25) is 0 Å². The molecule has 2 nitrogen and oxygen atoms in total. The van der Waals surface area contributed by atoms with Crippen molar-refractivity contribution in [3.05, 3.63) is 0 Å². The standard InChI is InChI=1S/C14H27NO/c1-4-11-5-7-12(8-6-11)14(16)13(15)9-10(2)3/h10-13H,4-9,15H2,1-3H3. The van der Waals surface area contributed by atoms with Crippen LogP contribution < -0.4 is 5.73 Å². The molecule has 1 aliphatic carbocycles. The molecule has 1 rings (SSSR count). The largest absolute Gasteiger partial charge is 0.321 e. The Morgan fingerprint density at radius 1 is 1.25 bits per heavy atom. The van der Waals surface area contributed by atoms with Crippen molar-refractivity contribution in [2.75, 3.05) is 0 Å². The summed E-state index contributed by atoms with van der Waals surface area (Å²) in [4.78, 5) is 12.1. The highest BCUT2D eigenvalue weighted by molar-refractivity contribution is 5.86. The minimum atomic E-state index is -0.219. The molecule has 1 atom stereocenters. The topological polar surface area (TPSA) is 43.1 Å². The molecule has 2 N–H and O–H groups in total. The van der Waals surface area contributed by atoms with Gasteiger partial charge in [-0.2, -0.15) is 0 Å². The predicted molar refractivity (Wildman–Crippen MR) is 68.2 cm³/mol. The number of carbonyl (C=O) groups is 1. The monoisotopic (exact) mass is 225 g/mol. The Morgan fingerprint density at radius 3 is 2.25 bits per heavy atom. The van der Waals surface area contributed by atoms with Crippen molar-refractivity contribution >= 4 is 5.78 Å². The summed E-state index contributed by atoms with van der Waals surface area (Å²) in [5, 5.41) is 0. The molecule has 1 aliphatic rings. The van der Waals surface area contributed by atoms with Crippen LogP contribution in [0.25, 0.3) is 0 Å². The van der Waals surface area contributed by atoms with E-state index in [2.05, 4.69) is 20.8 Å². The number of rotatable bonds is 5. The van der Waals surface area contributed by atoms with Crippen LogP contribution in [-0.4, -0.2) is 11.8 Å². The highest BCUT2D eigenvalue weighted by Crippen LogP contribution is 2.31. The van der Waals surface area contributed by atoms with E-state index < -0.39 is 0 Å². The van der Waals surface area contributed by atoms with Crippen LogP contribution in [0.1, 0.15) is 59.3 Å². The zero-order valence-corrected chi connectivity index (χ0v) is 11.0. The quantitative estimate of drug-likeness (QED) is 0.781. The van der Waals surface area contributed by atoms with Crippen molar-refractivity contribution in [2.24, 2.45) is 23.5 Å². The van der Waals surface area contributed by atoms with Crippen LogP contribution in [0.3, 0.4) is 0 Å². The van der Waals surface area contributed by atoms with E-state index in [9.17, 15) is 4.79 Å². The lowest BCUT2D eigenvalue weighted by Crippen LogP contribution is -2.38. The first-order valence-electron chi connectivity index (χ1n) is 6.83. The summed E-state index contributed by atoms with van der Waals surface area (Å²) in [6.45, 7) is 6.50. The zero-order chi connectivity index (χ0) is 12.1. The van der Waals surface area contributed by atoms with E-state index in [0.717, 1.165) is 25.2 Å². The molecule has 2 heteroatoms. The molecule has 0 radical (unpaired) electrons. The minimum Gasteiger partial charge on any atom is -0.321 e. The highest BCUT2D eigenvalue weighted by Gasteiger charge is 2.28. The number of carbonyl (C=O) groups excluding carboxylic acids is 1. The summed E-state index contributed by atoms with van der Waals surface area (Å²) in [7, 11) is 0. The minimum absolute atomic E-state index is 0.219. The Morgan fingerprint density at radius 2 is 1.81 bits per heavy atom. The Hall–Kier alpha value is -0.370. The smallest absolute Gasteiger partial charge is 0.152 e. The van der Waals surface area contributed by atoms with Crippen molar-refractivity contribution in [1.29, 1.82) is 0 Å². The van der Waals surface area contributed by atoms with Gasteiger partial charge >= 0.3 is 0 Å². The van der Waals surface area contributed by atoms with Crippen LogP contribution in [0.15, 0.2) is 0 Å². The fourth-order valence-electron chi connectivity index (χ4n) is 2.78. The van der Waals surface area contributed by atoms with E-state index in [-0.39, 0.29) is 12.0 Å². The van der Waals surface area contributed by atoms with E-state index >= 15 is 0 Å². The third-order valence-corrected chi connectivity index (χ3v) is 3.92. The van der Waals surface area contributed by atoms with Crippen LogP contribution in [0.4, 0.5) is 0 Å². The van der Waals surface area contributed by atoms with Gasteiger partial charge in [-0.3, -0.25) is 4.79 Å². The Kier molecular flexibility index (Phi) is 5.47. The molecule has 0 aromatic rings. The highest BCUT2D eigenvalue weighted by atomic mass is 16.1. The van der Waals surface area contributed by atoms with Crippen LogP contribution in [0.5, 0.6) is 0 Å². The van der Waals surface area contributed by atoms with Gasteiger partial charge in [-0.1, -0.05) is 27.2 Å². The molecule has 1 unspecified atom stereocenters. The SMILES string of the molecule is CCC1CCC(C(=O)C(N)CC(C)C)CC1. The second kappa shape index (κ2) is 6.39. The summed E-state index contributed by atoms with van der Waals surface area (Å²) in [5.41, 5.74) is 5.97. The molecule has 0 amide bonds. The van der Waals surface area contributed by atoms with Crippen molar-refractivity contribution in [3.8, 4) is 0 Å². The van der Waals surface area contributed by atoms with E-state index in [0.29, 0.717) is 11.7 Å². The maximum Gasteiger partial charge on any atom is 0.152 e. The van der Waals surface area contributed by atoms with Gasteiger partial charge in [0, 0.05) is 5.92 Å². The van der Waals surface area contributed by atoms with Gasteiger partial charge in [0.1, 0.15) is 0 Å². The number of nitrogens with two attached hydrogens (primary N) is 1. The van der Waals surface area contributed by atoms with Crippen LogP contribution in [0.2, 0.25) is 0 Å². The maximum atomic E-state index is 12.1. The van der Waals surface area contributed by atoms with Gasteiger partial charge in [-0.05, 0) is 43.9 Å². The first-order chi connectivity index (χ1) is 7.54. The molecule has 1 saturated carbocycles. The van der Waals surface area contributed by atoms with Gasteiger partial charge in [0.05, 0.1) is 6.04 Å². The first kappa shape index (κ1) is 13.7. The van der Waals surface area contributed by atoms with Gasteiger partial charge in [0.15, 0.2) is 5.78 Å². The number of hydrogen-bond donors (Lipinski definition) is 1. The van der Waals surface area contributed by atoms with Crippen LogP contribution >= 0.6 is 0 Å². The van der Waals surface area contributed by atoms with Gasteiger partial charge in [-0.15, -0.1) is 0 Å². The Balaban J connectivity index is 2.38. The number of Topliss-reactive ketones (excluding diaryl/α,β-unsaturated/α-hetero) is 1. The van der Waals surface area contributed by atoms with E-state index in [1.54, 1.807) is 0 Å². The van der Waals surface area contributed by atoms with Crippen molar-refractivity contribution in [2.45, 2.75) is 65.3 Å². The summed E-state index contributed by atoms with van der Waals surface area (Å²) < 4.78 is 0. The first-order valence-corrected chi connectivity index (χ1v) is 6.83. The second-order valence-electron chi connectivity index (χ2n) is 5.76. The number of ketones is 1. The third kappa shape index (κ3) is 3.89. The zero-order valence-electron chi connectivity index (χ0n) is 11.0. The molecule has 0 spiro atoms. The molecule has 16 heavy (non-hydrogen) atoms. The van der Waals surface area contributed by atoms with Crippen molar-refractivity contribution in [3.63, 3.8) is 0 Å². The Bertz CT molecular complexity index is 217. The fourth-order valence-corrected chi connectivity index (χ4v) is 2.78. The van der Waals surface area contributed by atoms with Gasteiger partial charge in [0.25, 0.3) is 0 Å². The van der Waals surface area contributed by atoms with Crippen molar-refractivity contribution < 1.29 is 4.79 Å². The lowest BCUT2D eigenvalue weighted by molar-refractivity contribution is -0.125. The molecule has 0 heterocycles. The van der Waals surface area contributed by atoms with E-state index in [1.165, 1.54) is 19.3 Å². The molecule has 1 fully saturated rings. The molecule has 0 aromatic carbocycles. The van der Waals surface area contributed by atoms with E-state index in [1.807, 2.05) is 0 Å². The summed E-state index contributed by atoms with van der Waals surface area (Å²) in [5.74, 6) is 1.95. The van der Waals surface area contributed by atoms with Gasteiger partial charge < -0.3 is 5.73 Å². The number of hydrogen-bond acceptors (Lipinski definition) is 2. The summed E-state index contributed by atoms with van der Waals surface area (Å²) in [6.07, 6.45) is 6.69. The molecule has 0 aliphatic heterocycles. The maximum absolute atomic E-state index is 12.1. The molecule has 0 aromatic heterocycles. The Labute approximate surface area is 100.0 Å².